The van der Waals surface area contributed by atoms with Gasteiger partial charge in [0.05, 0.1) is 23.9 Å². The Labute approximate surface area is 197 Å². The number of nitrogens with zero attached hydrogens (tertiary/aromatic N) is 4. The van der Waals surface area contributed by atoms with Crippen LogP contribution in [0.4, 0.5) is 0 Å². The third-order valence-electron chi connectivity index (χ3n) is 5.70. The number of hydrogen-bond acceptors (Lipinski definition) is 7. The molecule has 0 saturated carbocycles. The predicted molar refractivity (Wildman–Crippen MR) is 132 cm³/mol. The maximum absolute atomic E-state index is 11.8. The van der Waals surface area contributed by atoms with Crippen molar-refractivity contribution in [1.82, 2.24) is 30.1 Å². The Morgan fingerprint density at radius 1 is 0.971 bits per heavy atom. The molecule has 0 aliphatic carbocycles. The van der Waals surface area contributed by atoms with Crippen molar-refractivity contribution in [2.24, 2.45) is 0 Å². The molecule has 0 fully saturated rings. The molecule has 0 amide bonds. The number of aromatic amines is 2. The van der Waals surface area contributed by atoms with Crippen molar-refractivity contribution < 1.29 is 9.53 Å². The second-order valence-electron chi connectivity index (χ2n) is 7.83. The van der Waals surface area contributed by atoms with Crippen molar-refractivity contribution in [3.8, 4) is 38.7 Å². The number of ether oxygens (including phenoxy) is 1. The highest BCUT2D eigenvalue weighted by molar-refractivity contribution is 7.17. The molecular formula is C25H18N6O2S. The Hall–Kier alpha value is -4.37. The van der Waals surface area contributed by atoms with Crippen molar-refractivity contribution >= 4 is 39.2 Å². The first-order valence-corrected chi connectivity index (χ1v) is 11.3. The molecule has 0 aliphatic heterocycles. The summed E-state index contributed by atoms with van der Waals surface area (Å²) in [6.45, 7) is 1.58. The number of hydrogen-bond donors (Lipinski definition) is 2. The van der Waals surface area contributed by atoms with Crippen LogP contribution < -0.4 is 4.74 Å². The van der Waals surface area contributed by atoms with Gasteiger partial charge in [-0.2, -0.15) is 5.10 Å². The zero-order chi connectivity index (χ0) is 23.2. The van der Waals surface area contributed by atoms with Crippen molar-refractivity contribution in [1.29, 1.82) is 0 Å². The lowest BCUT2D eigenvalue weighted by Crippen LogP contribution is -1.87. The second-order valence-corrected chi connectivity index (χ2v) is 8.91. The van der Waals surface area contributed by atoms with Gasteiger partial charge >= 0.3 is 0 Å². The number of carbonyl (C=O) groups excluding carboxylic acids is 1. The molecule has 0 radical (unpaired) electrons. The van der Waals surface area contributed by atoms with E-state index < -0.39 is 0 Å². The van der Waals surface area contributed by atoms with Crippen molar-refractivity contribution in [2.75, 3.05) is 7.11 Å². The van der Waals surface area contributed by atoms with Crippen LogP contribution in [0.1, 0.15) is 16.6 Å². The van der Waals surface area contributed by atoms with Gasteiger partial charge in [0, 0.05) is 50.9 Å². The standard InChI is InChI=1S/C25H18N6O2S/c1-13(32)21-3-4-22(34-21)17-5-6-27-24-18(17)9-20(29-24)23-19-8-15(11-28-25(19)31-30-23)14-7-16(33-2)12-26-10-14/h3-12H,1-2H3,(H,27,29)(H,28,30,31). The first kappa shape index (κ1) is 20.3. The summed E-state index contributed by atoms with van der Waals surface area (Å²) in [6, 6.07) is 11.8. The number of Topliss-reactive ketones (excluding diaryl/α,β-unsaturated/α-hetero) is 1. The van der Waals surface area contributed by atoms with Crippen LogP contribution >= 0.6 is 11.3 Å². The highest BCUT2D eigenvalue weighted by Gasteiger charge is 2.17. The first-order valence-electron chi connectivity index (χ1n) is 10.5. The van der Waals surface area contributed by atoms with Gasteiger partial charge in [-0.05, 0) is 43.3 Å². The van der Waals surface area contributed by atoms with Crippen LogP contribution in [0.25, 0.3) is 55.0 Å². The second kappa shape index (κ2) is 7.89. The molecule has 166 valence electrons. The smallest absolute Gasteiger partial charge is 0.169 e. The maximum Gasteiger partial charge on any atom is 0.169 e. The highest BCUT2D eigenvalue weighted by Crippen LogP contribution is 2.36. The number of thiophene rings is 1. The van der Waals surface area contributed by atoms with Crippen LogP contribution in [0.15, 0.2) is 61.2 Å². The van der Waals surface area contributed by atoms with Crippen molar-refractivity contribution in [3.63, 3.8) is 0 Å². The highest BCUT2D eigenvalue weighted by atomic mass is 32.1. The molecule has 0 atom stereocenters. The predicted octanol–water partition coefficient (Wildman–Crippen LogP) is 5.50. The lowest BCUT2D eigenvalue weighted by molar-refractivity contribution is 0.102. The third kappa shape index (κ3) is 3.34. The molecule has 0 bridgehead atoms. The molecule has 0 saturated heterocycles. The number of ketones is 1. The van der Waals surface area contributed by atoms with Crippen LogP contribution in [0.3, 0.4) is 0 Å². The molecule has 0 spiro atoms. The van der Waals surface area contributed by atoms with E-state index in [1.807, 2.05) is 36.4 Å². The number of pyridine rings is 3. The third-order valence-corrected chi connectivity index (χ3v) is 6.92. The zero-order valence-corrected chi connectivity index (χ0v) is 19.1. The van der Waals surface area contributed by atoms with Crippen molar-refractivity contribution in [3.05, 3.63) is 66.1 Å². The molecule has 0 aromatic carbocycles. The molecule has 34 heavy (non-hydrogen) atoms. The van der Waals surface area contributed by atoms with Crippen molar-refractivity contribution in [2.45, 2.75) is 6.92 Å². The molecule has 6 aromatic heterocycles. The average Bonchev–Trinajstić information content (AvgIpc) is 3.61. The van der Waals surface area contributed by atoms with Gasteiger partial charge in [0.1, 0.15) is 17.1 Å². The number of methoxy groups -OCH3 is 1. The normalized spacial score (nSPS) is 11.4. The Balaban J connectivity index is 1.47. The van der Waals surface area contributed by atoms with Crippen LogP contribution in [0, 0.1) is 0 Å². The van der Waals surface area contributed by atoms with E-state index in [1.54, 1.807) is 38.8 Å². The molecular weight excluding hydrogens is 448 g/mol. The van der Waals surface area contributed by atoms with Crippen LogP contribution in [0.2, 0.25) is 0 Å². The zero-order valence-electron chi connectivity index (χ0n) is 18.3. The number of aromatic nitrogens is 6. The molecule has 6 rings (SSSR count). The van der Waals surface area contributed by atoms with Gasteiger partial charge in [0.25, 0.3) is 0 Å². The Kier molecular flexibility index (Phi) is 4.70. The SMILES string of the molecule is COc1cncc(-c2cnc3[nH]nc(-c4cc5c(-c6ccc(C(C)=O)s6)ccnc5[nH]4)c3c2)c1. The summed E-state index contributed by atoms with van der Waals surface area (Å²) in [4.78, 5) is 30.2. The number of H-pyrrole nitrogens is 2. The monoisotopic (exact) mass is 466 g/mol. The largest absolute Gasteiger partial charge is 0.495 e. The minimum atomic E-state index is 0.0637. The lowest BCUT2D eigenvalue weighted by Gasteiger charge is -2.04. The first-order chi connectivity index (χ1) is 16.6. The summed E-state index contributed by atoms with van der Waals surface area (Å²) in [5.41, 5.74) is 5.85. The van der Waals surface area contributed by atoms with Gasteiger partial charge in [-0.15, -0.1) is 11.3 Å². The van der Waals surface area contributed by atoms with Gasteiger partial charge in [-0.1, -0.05) is 0 Å². The van der Waals surface area contributed by atoms with E-state index in [1.165, 1.54) is 11.3 Å². The quantitative estimate of drug-likeness (QED) is 0.325. The van der Waals surface area contributed by atoms with E-state index in [0.29, 0.717) is 11.4 Å². The molecule has 2 N–H and O–H groups in total. The fourth-order valence-corrected chi connectivity index (χ4v) is 4.94. The van der Waals surface area contributed by atoms with E-state index in [0.717, 1.165) is 54.3 Å². The Morgan fingerprint density at radius 3 is 2.68 bits per heavy atom. The van der Waals surface area contributed by atoms with Crippen LogP contribution in [-0.2, 0) is 0 Å². The summed E-state index contributed by atoms with van der Waals surface area (Å²) in [7, 11) is 1.62. The maximum atomic E-state index is 11.8. The number of fused-ring (bicyclic) bond motifs is 2. The van der Waals surface area contributed by atoms with E-state index in [2.05, 4.69) is 30.1 Å². The van der Waals surface area contributed by atoms with Gasteiger partial charge in [0.15, 0.2) is 11.4 Å². The van der Waals surface area contributed by atoms with Gasteiger partial charge in [-0.3, -0.25) is 14.9 Å². The molecule has 6 heterocycles. The summed E-state index contributed by atoms with van der Waals surface area (Å²) in [6.07, 6.45) is 7.00. The number of nitrogens with one attached hydrogen (secondary N) is 2. The summed E-state index contributed by atoms with van der Waals surface area (Å²) >= 11 is 1.48. The van der Waals surface area contributed by atoms with E-state index in [-0.39, 0.29) is 5.78 Å². The van der Waals surface area contributed by atoms with E-state index in [4.69, 9.17) is 4.74 Å². The molecule has 8 nitrogen and oxygen atoms in total. The molecule has 0 aliphatic rings. The minimum Gasteiger partial charge on any atom is -0.495 e. The van der Waals surface area contributed by atoms with Gasteiger partial charge in [0.2, 0.25) is 0 Å². The fraction of sp³-hybridized carbons (Fsp3) is 0.0800. The van der Waals surface area contributed by atoms with E-state index in [9.17, 15) is 4.79 Å². The number of carbonyl (C=O) groups is 1. The lowest BCUT2D eigenvalue weighted by atomic mass is 10.1. The summed E-state index contributed by atoms with van der Waals surface area (Å²) in [5.74, 6) is 0.745. The van der Waals surface area contributed by atoms with E-state index >= 15 is 0 Å². The van der Waals surface area contributed by atoms with Gasteiger partial charge < -0.3 is 9.72 Å². The average molecular weight is 467 g/mol. The summed E-state index contributed by atoms with van der Waals surface area (Å²) < 4.78 is 5.31. The number of rotatable bonds is 5. The summed E-state index contributed by atoms with van der Waals surface area (Å²) in [5, 5.41) is 9.39. The Bertz CT molecular complexity index is 1700. The van der Waals surface area contributed by atoms with Crippen LogP contribution in [0.5, 0.6) is 5.75 Å². The Morgan fingerprint density at radius 2 is 1.85 bits per heavy atom. The molecule has 9 heteroatoms. The topological polar surface area (TPSA) is 109 Å². The van der Waals surface area contributed by atoms with Crippen LogP contribution in [-0.4, -0.2) is 43.0 Å². The van der Waals surface area contributed by atoms with Gasteiger partial charge in [-0.25, -0.2) is 9.97 Å². The molecule has 6 aromatic rings. The molecule has 0 unspecified atom stereocenters. The minimum absolute atomic E-state index is 0.0637. The fourth-order valence-electron chi connectivity index (χ4n) is 4.00.